The molecule has 396 valence electrons. The maximum absolute atomic E-state index is 14.8. The molecule has 21 heteroatoms. The number of thiazole rings is 1. The fourth-order valence-corrected chi connectivity index (χ4v) is 11.9. The summed E-state index contributed by atoms with van der Waals surface area (Å²) in [6, 6.07) is 37.7. The van der Waals surface area contributed by atoms with Crippen LogP contribution in [0.5, 0.6) is 5.75 Å². The number of esters is 2. The SMILES string of the molecule is COc1ccc(COC(=O)C2=C(CSc3nc(N)cc(N)[n+]3C3CC3)CSC3C(NC(=O)/C(=N\OC(C)(C)C(=O)OC(C)(C)C)c4csc(NC(c5ccccc5)(c5ccccc5)c5ccccc5)n4)C(=O)N23)cc1.[Cl-]. The molecule has 2 amide bonds. The third-order valence-corrected chi connectivity index (χ3v) is 15.6. The monoisotopic (exact) mass is 1100 g/mol. The van der Waals surface area contributed by atoms with E-state index < -0.39 is 51.9 Å². The summed E-state index contributed by atoms with van der Waals surface area (Å²) in [7, 11) is 1.56. The zero-order valence-electron chi connectivity index (χ0n) is 42.7. The van der Waals surface area contributed by atoms with Gasteiger partial charge in [0.05, 0.1) is 19.2 Å². The number of fused-ring (bicyclic) bond motifs is 1. The molecule has 4 heterocycles. The van der Waals surface area contributed by atoms with Crippen LogP contribution in [-0.2, 0) is 45.6 Å². The van der Waals surface area contributed by atoms with Crippen molar-refractivity contribution in [2.75, 3.05) is 35.4 Å². The summed E-state index contributed by atoms with van der Waals surface area (Å²) in [6.07, 6.45) is 1.90. The van der Waals surface area contributed by atoms with Crippen LogP contribution in [0.3, 0.4) is 0 Å². The number of thioether (sulfide) groups is 2. The van der Waals surface area contributed by atoms with Crippen LogP contribution in [0.2, 0.25) is 0 Å². The summed E-state index contributed by atoms with van der Waals surface area (Å²) in [5.74, 6) is -0.816. The molecule has 9 rings (SSSR count). The quantitative estimate of drug-likeness (QED) is 0.0125. The molecule has 76 heavy (non-hydrogen) atoms. The summed E-state index contributed by atoms with van der Waals surface area (Å²) < 4.78 is 18.8. The van der Waals surface area contributed by atoms with Crippen molar-refractivity contribution in [2.45, 2.75) is 93.4 Å². The van der Waals surface area contributed by atoms with Gasteiger partial charge in [-0.3, -0.25) is 14.5 Å². The number of carbonyl (C=O) groups is 4. The number of carbonyl (C=O) groups excluding carboxylic acids is 4. The van der Waals surface area contributed by atoms with E-state index in [1.165, 1.54) is 53.6 Å². The lowest BCUT2D eigenvalue weighted by molar-refractivity contribution is -0.726. The number of nitrogens with one attached hydrogen (secondary N) is 2. The van der Waals surface area contributed by atoms with E-state index in [1.54, 1.807) is 63.6 Å². The summed E-state index contributed by atoms with van der Waals surface area (Å²) in [5.41, 5.74) is 13.1. The van der Waals surface area contributed by atoms with Crippen molar-refractivity contribution in [3.63, 3.8) is 0 Å². The number of oxime groups is 1. The average Bonchev–Trinajstić information content (AvgIpc) is 4.18. The fourth-order valence-electron chi connectivity index (χ4n) is 8.60. The van der Waals surface area contributed by atoms with Crippen LogP contribution in [0.4, 0.5) is 16.8 Å². The van der Waals surface area contributed by atoms with Gasteiger partial charge in [0.2, 0.25) is 17.2 Å². The third-order valence-electron chi connectivity index (χ3n) is 12.5. The van der Waals surface area contributed by atoms with Gasteiger partial charge in [0.15, 0.2) is 10.8 Å². The third kappa shape index (κ3) is 11.9. The average molecular weight is 1100 g/mol. The first-order valence-corrected chi connectivity index (χ1v) is 27.2. The van der Waals surface area contributed by atoms with Gasteiger partial charge >= 0.3 is 17.1 Å². The number of methoxy groups -OCH3 is 1. The first-order chi connectivity index (χ1) is 36.0. The van der Waals surface area contributed by atoms with E-state index in [1.807, 2.05) is 95.6 Å². The van der Waals surface area contributed by atoms with Crippen LogP contribution in [0.1, 0.15) is 81.4 Å². The number of benzene rings is 4. The first-order valence-electron chi connectivity index (χ1n) is 24.2. The van der Waals surface area contributed by atoms with Crippen LogP contribution in [0.25, 0.3) is 0 Å². The van der Waals surface area contributed by atoms with Gasteiger partial charge in [0.25, 0.3) is 11.8 Å². The molecule has 17 nitrogen and oxygen atoms in total. The molecule has 0 bridgehead atoms. The smallest absolute Gasteiger partial charge is 0.355 e. The number of hydrogen-bond acceptors (Lipinski definition) is 17. The maximum atomic E-state index is 14.8. The van der Waals surface area contributed by atoms with Gasteiger partial charge < -0.3 is 53.6 Å². The Morgan fingerprint density at radius 3 is 2.04 bits per heavy atom. The van der Waals surface area contributed by atoms with E-state index in [0.717, 1.165) is 29.5 Å². The molecule has 2 fully saturated rings. The van der Waals surface area contributed by atoms with Gasteiger partial charge in [-0.2, -0.15) is 0 Å². The molecule has 2 atom stereocenters. The topological polar surface area (TPSA) is 227 Å². The van der Waals surface area contributed by atoms with Crippen LogP contribution >= 0.6 is 34.9 Å². The van der Waals surface area contributed by atoms with Gasteiger partial charge in [-0.15, -0.1) is 23.1 Å². The summed E-state index contributed by atoms with van der Waals surface area (Å²) in [4.78, 5) is 73.9. The number of aromatic nitrogens is 3. The Balaban J connectivity index is 0.00000765. The van der Waals surface area contributed by atoms with Crippen molar-refractivity contribution in [2.24, 2.45) is 5.16 Å². The van der Waals surface area contributed by atoms with Crippen molar-refractivity contribution in [1.29, 1.82) is 0 Å². The Morgan fingerprint density at radius 1 is 0.868 bits per heavy atom. The molecule has 2 aromatic heterocycles. The molecule has 4 aromatic carbocycles. The van der Waals surface area contributed by atoms with Crippen molar-refractivity contribution < 1.29 is 55.2 Å². The second kappa shape index (κ2) is 23.0. The molecule has 3 aliphatic rings. The Labute approximate surface area is 459 Å². The Kier molecular flexibility index (Phi) is 16.7. The van der Waals surface area contributed by atoms with Crippen LogP contribution < -0.4 is 43.8 Å². The number of halogens is 1. The van der Waals surface area contributed by atoms with Gasteiger partial charge in [-0.1, -0.05) is 113 Å². The molecule has 6 N–H and O–H groups in total. The van der Waals surface area contributed by atoms with Crippen molar-refractivity contribution >= 4 is 81.1 Å². The Hall–Kier alpha value is -7.13. The second-order valence-electron chi connectivity index (χ2n) is 19.6. The van der Waals surface area contributed by atoms with E-state index >= 15 is 0 Å². The minimum Gasteiger partial charge on any atom is -1.00 e. The molecular formula is C55H58ClN9O8S3. The highest BCUT2D eigenvalue weighted by atomic mass is 35.5. The van der Waals surface area contributed by atoms with Gasteiger partial charge in [-0.05, 0) is 99.2 Å². The zero-order chi connectivity index (χ0) is 53.1. The van der Waals surface area contributed by atoms with E-state index in [4.69, 9.17) is 35.5 Å². The largest absolute Gasteiger partial charge is 1.00 e. The lowest BCUT2D eigenvalue weighted by Gasteiger charge is -2.49. The number of nitrogen functional groups attached to an aromatic ring is 2. The van der Waals surface area contributed by atoms with Crippen LogP contribution in [0.15, 0.2) is 148 Å². The molecule has 1 saturated carbocycles. The molecule has 0 radical (unpaired) electrons. The second-order valence-corrected chi connectivity index (χ2v) is 22.5. The number of hydrogen-bond donors (Lipinski definition) is 4. The highest BCUT2D eigenvalue weighted by Gasteiger charge is 2.55. The number of ether oxygens (including phenoxy) is 3. The number of amides is 2. The minimum absolute atomic E-state index is 0. The van der Waals surface area contributed by atoms with Crippen LogP contribution in [0, 0.1) is 0 Å². The lowest BCUT2D eigenvalue weighted by atomic mass is 9.77. The maximum Gasteiger partial charge on any atom is 0.355 e. The van der Waals surface area contributed by atoms with E-state index in [-0.39, 0.29) is 53.7 Å². The summed E-state index contributed by atoms with van der Waals surface area (Å²) in [5, 5.41) is 12.9. The van der Waals surface area contributed by atoms with Crippen molar-refractivity contribution in [3.8, 4) is 5.75 Å². The number of rotatable bonds is 19. The normalized spacial score (nSPS) is 16.6. The number of β-lactam (4-membered cyclic amide) rings is 1. The number of nitrogens with two attached hydrogens (primary N) is 2. The van der Waals surface area contributed by atoms with E-state index in [2.05, 4.69) is 20.8 Å². The number of anilines is 3. The highest BCUT2D eigenvalue weighted by molar-refractivity contribution is 8.01. The van der Waals surface area contributed by atoms with E-state index in [9.17, 15) is 19.2 Å². The van der Waals surface area contributed by atoms with Gasteiger partial charge in [0, 0.05) is 16.9 Å². The summed E-state index contributed by atoms with van der Waals surface area (Å²) in [6.45, 7) is 8.08. The molecule has 0 spiro atoms. The molecule has 1 aliphatic carbocycles. The predicted octanol–water partition coefficient (Wildman–Crippen LogP) is 4.77. The molecule has 2 aliphatic heterocycles. The van der Waals surface area contributed by atoms with E-state index in [0.29, 0.717) is 38.7 Å². The zero-order valence-corrected chi connectivity index (χ0v) is 45.9. The summed E-state index contributed by atoms with van der Waals surface area (Å²) >= 11 is 3.98. The highest BCUT2D eigenvalue weighted by Crippen LogP contribution is 2.44. The predicted molar refractivity (Wildman–Crippen MR) is 290 cm³/mol. The minimum atomic E-state index is -1.66. The lowest BCUT2D eigenvalue weighted by Crippen LogP contribution is -3.00. The van der Waals surface area contributed by atoms with Crippen LogP contribution in [-0.4, -0.2) is 85.6 Å². The van der Waals surface area contributed by atoms with Gasteiger partial charge in [-0.25, -0.2) is 19.1 Å². The molecule has 2 unspecified atom stereocenters. The first kappa shape index (κ1) is 55.1. The van der Waals surface area contributed by atoms with Crippen molar-refractivity contribution in [3.05, 3.63) is 166 Å². The van der Waals surface area contributed by atoms with Crippen molar-refractivity contribution in [1.82, 2.24) is 20.2 Å². The molecular weight excluding hydrogens is 1050 g/mol. The fraction of sp³-hybridized carbons (Fsp3) is 0.309. The number of nitrogens with zero attached hydrogens (tertiary/aromatic N) is 5. The molecule has 1 saturated heterocycles. The van der Waals surface area contributed by atoms with Gasteiger partial charge in [0.1, 0.15) is 46.3 Å². The Bertz CT molecular complexity index is 3060. The molecule has 6 aromatic rings. The standard InChI is InChI=1S/C55H57N9O8S3.ClH/c1-53(2,3)71-50(68)54(4,5)72-62-43(40-32-74-51(58-40)61-55(35-16-10-7-11-17-35,36-18-12-8-13-19-36)37-20-14-9-15-21-37)46(65)60-44-47(66)64-45(49(67)70-29-33-22-26-39(69-6)27-23-33)34(30-73-48(44)64)31-75-52-59-41(56)28-42(57)63(52)38-24-25-38;/h7-23,26-28,32,38,44,48H,24-25,29-31H2,1-6H3,(H5,56,57,58,60,61,65);1H/b62-43-;. The Morgan fingerprint density at radius 2 is 1.47 bits per heavy atom.